The molecule has 0 amide bonds. The molecule has 4 nitrogen and oxygen atoms in total. The Morgan fingerprint density at radius 2 is 1.68 bits per heavy atom. The lowest BCUT2D eigenvalue weighted by Gasteiger charge is -2.12. The number of methoxy groups -OCH3 is 1. The Hall–Kier alpha value is -2.66. The first kappa shape index (κ1) is 20.1. The Morgan fingerprint density at radius 1 is 1.00 bits per heavy atom. The SMILES string of the molecule is CC.COc1ccc(-n2c(-c3c(C)noc3C)c(SC)c3ccccc32)cc1. The highest BCUT2D eigenvalue weighted by atomic mass is 32.2. The summed E-state index contributed by atoms with van der Waals surface area (Å²) < 4.78 is 13.1. The van der Waals surface area contributed by atoms with Gasteiger partial charge in [0.1, 0.15) is 11.5 Å². The highest BCUT2D eigenvalue weighted by Crippen LogP contribution is 2.43. The van der Waals surface area contributed by atoms with Crippen LogP contribution < -0.4 is 4.74 Å². The second-order valence-electron chi connectivity index (χ2n) is 6.13. The van der Waals surface area contributed by atoms with Crippen LogP contribution in [0.25, 0.3) is 27.8 Å². The second-order valence-corrected chi connectivity index (χ2v) is 6.95. The molecule has 4 aromatic rings. The van der Waals surface area contributed by atoms with Crippen molar-refractivity contribution in [1.82, 2.24) is 9.72 Å². The van der Waals surface area contributed by atoms with E-state index in [0.717, 1.165) is 39.7 Å². The summed E-state index contributed by atoms with van der Waals surface area (Å²) in [5.74, 6) is 1.67. The molecule has 146 valence electrons. The molecule has 0 radical (unpaired) electrons. The molecule has 0 spiro atoms. The summed E-state index contributed by atoms with van der Waals surface area (Å²) >= 11 is 1.75. The summed E-state index contributed by atoms with van der Waals surface area (Å²) in [6, 6.07) is 16.6. The maximum absolute atomic E-state index is 5.48. The van der Waals surface area contributed by atoms with Gasteiger partial charge in [-0.3, -0.25) is 0 Å². The van der Waals surface area contributed by atoms with Crippen molar-refractivity contribution in [2.75, 3.05) is 13.4 Å². The lowest BCUT2D eigenvalue weighted by atomic mass is 10.1. The molecule has 0 bridgehead atoms. The molecule has 4 rings (SSSR count). The van der Waals surface area contributed by atoms with Crippen LogP contribution in [0.2, 0.25) is 0 Å². The first-order chi connectivity index (χ1) is 13.7. The zero-order valence-corrected chi connectivity index (χ0v) is 18.1. The fraction of sp³-hybridized carbons (Fsp3) is 0.261. The molecule has 0 aliphatic rings. The lowest BCUT2D eigenvalue weighted by Crippen LogP contribution is -1.98. The molecule has 2 aromatic carbocycles. The minimum Gasteiger partial charge on any atom is -0.497 e. The van der Waals surface area contributed by atoms with Gasteiger partial charge >= 0.3 is 0 Å². The monoisotopic (exact) mass is 394 g/mol. The summed E-state index contributed by atoms with van der Waals surface area (Å²) in [6.45, 7) is 7.96. The molecule has 0 aliphatic heterocycles. The van der Waals surface area contributed by atoms with Gasteiger partial charge in [-0.1, -0.05) is 37.2 Å². The zero-order valence-electron chi connectivity index (χ0n) is 17.2. The smallest absolute Gasteiger partial charge is 0.143 e. The van der Waals surface area contributed by atoms with E-state index in [1.165, 1.54) is 10.3 Å². The molecular formula is C23H26N2O2S. The van der Waals surface area contributed by atoms with Gasteiger partial charge < -0.3 is 13.8 Å². The van der Waals surface area contributed by atoms with E-state index in [9.17, 15) is 0 Å². The fourth-order valence-corrected chi connectivity index (χ4v) is 4.24. The zero-order chi connectivity index (χ0) is 20.3. The largest absolute Gasteiger partial charge is 0.497 e. The number of fused-ring (bicyclic) bond motifs is 1. The quantitative estimate of drug-likeness (QED) is 0.363. The lowest BCUT2D eigenvalue weighted by molar-refractivity contribution is 0.393. The molecule has 0 saturated heterocycles. The second kappa shape index (κ2) is 8.57. The number of thioether (sulfide) groups is 1. The van der Waals surface area contributed by atoms with Gasteiger partial charge in [0.15, 0.2) is 0 Å². The van der Waals surface area contributed by atoms with Crippen LogP contribution in [0.15, 0.2) is 57.9 Å². The Balaban J connectivity index is 0.00000109. The summed E-state index contributed by atoms with van der Waals surface area (Å²) in [6.07, 6.45) is 2.11. The Kier molecular flexibility index (Phi) is 6.15. The van der Waals surface area contributed by atoms with E-state index >= 15 is 0 Å². The summed E-state index contributed by atoms with van der Waals surface area (Å²) in [4.78, 5) is 1.23. The number of nitrogens with zero attached hydrogens (tertiary/aromatic N) is 2. The Morgan fingerprint density at radius 3 is 2.25 bits per heavy atom. The summed E-state index contributed by atoms with van der Waals surface area (Å²) in [5, 5.41) is 5.41. The maximum atomic E-state index is 5.48. The van der Waals surface area contributed by atoms with E-state index in [1.807, 2.05) is 39.8 Å². The van der Waals surface area contributed by atoms with E-state index in [1.54, 1.807) is 18.9 Å². The van der Waals surface area contributed by atoms with Gasteiger partial charge in [0.25, 0.3) is 0 Å². The van der Waals surface area contributed by atoms with Crippen LogP contribution in [0.3, 0.4) is 0 Å². The summed E-state index contributed by atoms with van der Waals surface area (Å²) in [7, 11) is 1.68. The number of para-hydroxylation sites is 1. The minimum atomic E-state index is 0.829. The molecule has 0 N–H and O–H groups in total. The van der Waals surface area contributed by atoms with Crippen molar-refractivity contribution in [2.24, 2.45) is 0 Å². The predicted octanol–water partition coefficient (Wildman–Crippen LogP) is 6.66. The van der Waals surface area contributed by atoms with E-state index in [4.69, 9.17) is 9.26 Å². The van der Waals surface area contributed by atoms with E-state index in [0.29, 0.717) is 0 Å². The first-order valence-corrected chi connectivity index (χ1v) is 10.6. The van der Waals surface area contributed by atoms with Crippen molar-refractivity contribution in [3.8, 4) is 22.7 Å². The van der Waals surface area contributed by atoms with E-state index < -0.39 is 0 Å². The molecular weight excluding hydrogens is 368 g/mol. The highest BCUT2D eigenvalue weighted by Gasteiger charge is 2.24. The third-order valence-electron chi connectivity index (χ3n) is 4.63. The van der Waals surface area contributed by atoms with Gasteiger partial charge in [0.05, 0.1) is 29.6 Å². The van der Waals surface area contributed by atoms with Crippen molar-refractivity contribution < 1.29 is 9.26 Å². The van der Waals surface area contributed by atoms with E-state index in [-0.39, 0.29) is 0 Å². The topological polar surface area (TPSA) is 40.2 Å². The van der Waals surface area contributed by atoms with Crippen LogP contribution in [0.1, 0.15) is 25.3 Å². The van der Waals surface area contributed by atoms with Crippen LogP contribution >= 0.6 is 11.8 Å². The summed E-state index contributed by atoms with van der Waals surface area (Å²) in [5.41, 5.74) is 5.33. The standard InChI is InChI=1S/C21H20N2O2S.C2H6/c1-13-19(14(2)25-22-13)20-21(26-4)17-7-5-6-8-18(17)23(20)15-9-11-16(24-3)12-10-15;1-2/h5-12H,1-4H3;1-2H3. The molecule has 5 heteroatoms. The van der Waals surface area contributed by atoms with Crippen LogP contribution in [0.5, 0.6) is 5.75 Å². The number of rotatable bonds is 4. The minimum absolute atomic E-state index is 0.829. The molecule has 28 heavy (non-hydrogen) atoms. The third-order valence-corrected chi connectivity index (χ3v) is 5.45. The Bertz CT molecular complexity index is 1060. The molecule has 2 heterocycles. The molecule has 0 saturated carbocycles. The van der Waals surface area contributed by atoms with Crippen LogP contribution in [0.4, 0.5) is 0 Å². The van der Waals surface area contributed by atoms with Crippen molar-refractivity contribution in [1.29, 1.82) is 0 Å². The van der Waals surface area contributed by atoms with Crippen LogP contribution in [-0.2, 0) is 0 Å². The maximum Gasteiger partial charge on any atom is 0.143 e. The van der Waals surface area contributed by atoms with E-state index in [2.05, 4.69) is 52.4 Å². The van der Waals surface area contributed by atoms with Crippen LogP contribution in [-0.4, -0.2) is 23.1 Å². The molecule has 0 aliphatic carbocycles. The average molecular weight is 395 g/mol. The predicted molar refractivity (Wildman–Crippen MR) is 118 cm³/mol. The highest BCUT2D eigenvalue weighted by molar-refractivity contribution is 7.99. The fourth-order valence-electron chi connectivity index (χ4n) is 3.46. The van der Waals surface area contributed by atoms with Gasteiger partial charge in [0, 0.05) is 16.0 Å². The normalized spacial score (nSPS) is 10.6. The third kappa shape index (κ3) is 3.31. The van der Waals surface area contributed by atoms with Gasteiger partial charge in [-0.05, 0) is 50.4 Å². The number of hydrogen-bond acceptors (Lipinski definition) is 4. The van der Waals surface area contributed by atoms with Crippen LogP contribution in [0, 0.1) is 13.8 Å². The molecule has 0 fully saturated rings. The number of ether oxygens (including phenoxy) is 1. The van der Waals surface area contributed by atoms with Crippen molar-refractivity contribution in [3.05, 3.63) is 60.0 Å². The number of benzene rings is 2. The molecule has 2 aromatic heterocycles. The van der Waals surface area contributed by atoms with Gasteiger partial charge in [-0.15, -0.1) is 11.8 Å². The number of aryl methyl sites for hydroxylation is 2. The molecule has 0 atom stereocenters. The average Bonchev–Trinajstić information content (AvgIpc) is 3.25. The van der Waals surface area contributed by atoms with Crippen molar-refractivity contribution in [2.45, 2.75) is 32.6 Å². The first-order valence-electron chi connectivity index (χ1n) is 9.40. The number of hydrogen-bond donors (Lipinski definition) is 0. The van der Waals surface area contributed by atoms with Crippen molar-refractivity contribution in [3.63, 3.8) is 0 Å². The van der Waals surface area contributed by atoms with Gasteiger partial charge in [0.2, 0.25) is 0 Å². The Labute approximate surface area is 170 Å². The molecule has 0 unspecified atom stereocenters. The van der Waals surface area contributed by atoms with Crippen molar-refractivity contribution >= 4 is 22.7 Å². The van der Waals surface area contributed by atoms with Gasteiger partial charge in [-0.25, -0.2) is 0 Å². The number of aromatic nitrogens is 2. The van der Waals surface area contributed by atoms with Gasteiger partial charge in [-0.2, -0.15) is 0 Å².